The van der Waals surface area contributed by atoms with Gasteiger partial charge in [0.15, 0.2) is 0 Å². The van der Waals surface area contributed by atoms with Crippen molar-refractivity contribution in [2.45, 2.75) is 102 Å². The molecule has 2 aliphatic heterocycles. The average molecular weight is 551 g/mol. The Bertz CT molecular complexity index is 869. The van der Waals surface area contributed by atoms with Gasteiger partial charge in [0.1, 0.15) is 6.29 Å². The number of likely N-dealkylation sites (tertiary alicyclic amines) is 2. The molecular weight excluding hydrogens is 500 g/mol. The highest BCUT2D eigenvalue weighted by atomic mass is 16.5. The highest BCUT2D eigenvalue weighted by Gasteiger charge is 2.47. The van der Waals surface area contributed by atoms with Crippen LogP contribution in [0.5, 0.6) is 0 Å². The molecule has 1 N–H and O–H groups in total. The van der Waals surface area contributed by atoms with Gasteiger partial charge in [-0.3, -0.25) is 19.3 Å². The van der Waals surface area contributed by atoms with Gasteiger partial charge in [-0.05, 0) is 51.0 Å². The van der Waals surface area contributed by atoms with Crippen LogP contribution >= 0.6 is 0 Å². The molecule has 10 heteroatoms. The number of amides is 3. The number of carbonyl (C=O) groups excluding carboxylic acids is 4. The Morgan fingerprint density at radius 1 is 1.13 bits per heavy atom. The van der Waals surface area contributed by atoms with Crippen LogP contribution in [0, 0.1) is 17.8 Å². The molecule has 39 heavy (non-hydrogen) atoms. The minimum Gasteiger partial charge on any atom is -0.379 e. The lowest BCUT2D eigenvalue weighted by Gasteiger charge is -2.39. The first kappa shape index (κ1) is 31.5. The third-order valence-electron chi connectivity index (χ3n) is 9.72. The van der Waals surface area contributed by atoms with E-state index in [4.69, 9.17) is 9.47 Å². The number of methoxy groups -OCH3 is 2. The number of piperidine rings is 1. The summed E-state index contributed by atoms with van der Waals surface area (Å²) < 4.78 is 11.5. The molecule has 3 aliphatic rings. The molecule has 2 bridgehead atoms. The molecular formula is C29H50N4O6. The molecule has 1 saturated carbocycles. The van der Waals surface area contributed by atoms with Gasteiger partial charge in [0, 0.05) is 39.8 Å². The Balaban J connectivity index is 1.65. The van der Waals surface area contributed by atoms with Crippen LogP contribution in [-0.4, -0.2) is 116 Å². The lowest BCUT2D eigenvalue weighted by atomic mass is 9.90. The van der Waals surface area contributed by atoms with Crippen LogP contribution in [0.1, 0.15) is 65.7 Å². The molecule has 10 nitrogen and oxygen atoms in total. The predicted molar refractivity (Wildman–Crippen MR) is 148 cm³/mol. The van der Waals surface area contributed by atoms with Crippen molar-refractivity contribution in [3.05, 3.63) is 0 Å². The van der Waals surface area contributed by atoms with E-state index in [0.29, 0.717) is 18.5 Å². The fourth-order valence-corrected chi connectivity index (χ4v) is 7.28. The number of likely N-dealkylation sites (N-methyl/N-ethyl adjacent to an activating group) is 2. The lowest BCUT2D eigenvalue weighted by molar-refractivity contribution is -0.145. The zero-order valence-corrected chi connectivity index (χ0v) is 24.9. The van der Waals surface area contributed by atoms with Gasteiger partial charge in [-0.1, -0.05) is 27.2 Å². The fourth-order valence-electron chi connectivity index (χ4n) is 7.28. The standard InChI is InChI=1S/C29H50N4O6/c1-8-18(2)26(32(5)25(36)16-30-29(37)27-20-11-12-21(14-20)31(27)4)23(38-6)15-24(35)33-13-9-10-22(33)28(39-7)19(3)17-34/h17-23,26-28H,8-16H2,1-7H3,(H,30,37)/t18?,19?,20-,21?,22?,23?,26?,27?,28?/m0/s1. The van der Waals surface area contributed by atoms with Crippen molar-refractivity contribution in [1.82, 2.24) is 20.0 Å². The molecule has 0 radical (unpaired) electrons. The molecule has 0 spiro atoms. The van der Waals surface area contributed by atoms with Crippen LogP contribution in [0.25, 0.3) is 0 Å². The highest BCUT2D eigenvalue weighted by molar-refractivity contribution is 5.88. The zero-order valence-electron chi connectivity index (χ0n) is 24.9. The number of hydrogen-bond acceptors (Lipinski definition) is 7. The summed E-state index contributed by atoms with van der Waals surface area (Å²) in [5, 5.41) is 2.89. The first-order valence-electron chi connectivity index (χ1n) is 14.6. The number of aldehydes is 1. The molecule has 1 aliphatic carbocycles. The van der Waals surface area contributed by atoms with Gasteiger partial charge in [0.05, 0.1) is 43.3 Å². The molecule has 3 fully saturated rings. The number of hydrogen-bond donors (Lipinski definition) is 1. The molecule has 9 atom stereocenters. The van der Waals surface area contributed by atoms with Crippen LogP contribution in [0.3, 0.4) is 0 Å². The maximum Gasteiger partial charge on any atom is 0.242 e. The number of nitrogens with one attached hydrogen (secondary N) is 1. The zero-order chi connectivity index (χ0) is 28.9. The van der Waals surface area contributed by atoms with Crippen LogP contribution < -0.4 is 5.32 Å². The van der Waals surface area contributed by atoms with Gasteiger partial charge in [-0.2, -0.15) is 0 Å². The largest absolute Gasteiger partial charge is 0.379 e. The number of fused-ring (bicyclic) bond motifs is 2. The Morgan fingerprint density at radius 3 is 2.41 bits per heavy atom. The van der Waals surface area contributed by atoms with Gasteiger partial charge >= 0.3 is 0 Å². The summed E-state index contributed by atoms with van der Waals surface area (Å²) >= 11 is 0. The van der Waals surface area contributed by atoms with Crippen molar-refractivity contribution < 1.29 is 28.7 Å². The second kappa shape index (κ2) is 14.0. The Labute approximate surface area is 234 Å². The quantitative estimate of drug-likeness (QED) is 0.328. The average Bonchev–Trinajstić information content (AvgIpc) is 3.68. The van der Waals surface area contributed by atoms with Gasteiger partial charge < -0.3 is 29.4 Å². The van der Waals surface area contributed by atoms with Crippen molar-refractivity contribution in [3.8, 4) is 0 Å². The van der Waals surface area contributed by atoms with Gasteiger partial charge in [-0.15, -0.1) is 0 Å². The first-order valence-corrected chi connectivity index (χ1v) is 14.6. The summed E-state index contributed by atoms with van der Waals surface area (Å²) in [6, 6.07) is -0.203. The van der Waals surface area contributed by atoms with Crippen molar-refractivity contribution in [3.63, 3.8) is 0 Å². The van der Waals surface area contributed by atoms with Gasteiger partial charge in [0.2, 0.25) is 17.7 Å². The Morgan fingerprint density at radius 2 is 1.85 bits per heavy atom. The van der Waals surface area contributed by atoms with E-state index in [1.807, 2.05) is 18.9 Å². The summed E-state index contributed by atoms with van der Waals surface area (Å²) in [6.07, 6.45) is 5.82. The molecule has 0 aromatic rings. The van der Waals surface area contributed by atoms with Crippen molar-refractivity contribution >= 4 is 24.0 Å². The van der Waals surface area contributed by atoms with E-state index in [2.05, 4.69) is 24.1 Å². The smallest absolute Gasteiger partial charge is 0.242 e. The third kappa shape index (κ3) is 6.82. The Kier molecular flexibility index (Phi) is 11.3. The highest BCUT2D eigenvalue weighted by Crippen LogP contribution is 2.41. The summed E-state index contributed by atoms with van der Waals surface area (Å²) in [6.45, 7) is 6.45. The van der Waals surface area contributed by atoms with Crippen LogP contribution in [0.15, 0.2) is 0 Å². The number of ether oxygens (including phenoxy) is 2. The molecule has 3 amide bonds. The Hall–Kier alpha value is -2.04. The monoisotopic (exact) mass is 550 g/mol. The van der Waals surface area contributed by atoms with E-state index in [0.717, 1.165) is 44.8 Å². The van der Waals surface area contributed by atoms with Gasteiger partial charge in [-0.25, -0.2) is 0 Å². The second-order valence-corrected chi connectivity index (χ2v) is 11.9. The first-order chi connectivity index (χ1) is 18.6. The number of rotatable bonds is 14. The maximum atomic E-state index is 13.6. The minimum atomic E-state index is -0.514. The van der Waals surface area contributed by atoms with Gasteiger partial charge in [0.25, 0.3) is 0 Å². The molecule has 222 valence electrons. The van der Waals surface area contributed by atoms with E-state index >= 15 is 0 Å². The van der Waals surface area contributed by atoms with Crippen molar-refractivity contribution in [1.29, 1.82) is 0 Å². The van der Waals surface area contributed by atoms with Crippen LogP contribution in [0.2, 0.25) is 0 Å². The van der Waals surface area contributed by atoms with Crippen LogP contribution in [0.4, 0.5) is 0 Å². The predicted octanol–water partition coefficient (Wildman–Crippen LogP) is 1.70. The topological polar surface area (TPSA) is 108 Å². The van der Waals surface area contributed by atoms with E-state index in [9.17, 15) is 19.2 Å². The molecule has 8 unspecified atom stereocenters. The molecule has 3 rings (SSSR count). The van der Waals surface area contributed by atoms with E-state index in [-0.39, 0.29) is 66.8 Å². The molecule has 0 aromatic carbocycles. The second-order valence-electron chi connectivity index (χ2n) is 11.9. The number of nitrogens with zero attached hydrogens (tertiary/aromatic N) is 3. The minimum absolute atomic E-state index is 0.0636. The summed E-state index contributed by atoms with van der Waals surface area (Å²) in [7, 11) is 6.89. The van der Waals surface area contributed by atoms with E-state index in [1.54, 1.807) is 26.2 Å². The van der Waals surface area contributed by atoms with Crippen LogP contribution in [-0.2, 0) is 28.7 Å². The fraction of sp³-hybridized carbons (Fsp3) is 0.862. The van der Waals surface area contributed by atoms with Crippen molar-refractivity contribution in [2.75, 3.05) is 41.4 Å². The summed E-state index contributed by atoms with van der Waals surface area (Å²) in [5.74, 6) is -0.231. The summed E-state index contributed by atoms with van der Waals surface area (Å²) in [4.78, 5) is 56.9. The SMILES string of the molecule is CCC(C)C(C(CC(=O)N1CCCC1C(OC)C(C)C=O)OC)N(C)C(=O)CNC(=O)C1[C@H]2CCC(C2)N1C. The van der Waals surface area contributed by atoms with E-state index in [1.165, 1.54) is 0 Å². The summed E-state index contributed by atoms with van der Waals surface area (Å²) in [5.41, 5.74) is 0. The molecule has 2 heterocycles. The van der Waals surface area contributed by atoms with E-state index < -0.39 is 6.10 Å². The molecule has 0 aromatic heterocycles. The number of carbonyl (C=O) groups is 4. The normalized spacial score (nSPS) is 28.5. The lowest BCUT2D eigenvalue weighted by Crippen LogP contribution is -2.55. The molecule has 2 saturated heterocycles. The maximum absolute atomic E-state index is 13.6. The van der Waals surface area contributed by atoms with Crippen molar-refractivity contribution in [2.24, 2.45) is 17.8 Å². The third-order valence-corrected chi connectivity index (χ3v) is 9.72.